The average molecular weight is 621 g/mol. The zero-order valence-electron chi connectivity index (χ0n) is 19.5. The standard InChI is InChI=1S/C25H23Br2N3O4S/c1-5-34-24(33)20-13(2)28-25-30(21(20)15-6-8-16(9-7-15)29(3)4)23(32)19(35-25)12-14-10-17(26)22(31)18(27)11-14/h6-12,21,31H,5H2,1-4H3/b19-12-/t21-/m0/s1. The minimum atomic E-state index is -0.665. The van der Waals surface area contributed by atoms with Crippen LogP contribution in [0.3, 0.4) is 0 Å². The van der Waals surface area contributed by atoms with Crippen LogP contribution in [0.1, 0.15) is 31.0 Å². The van der Waals surface area contributed by atoms with Gasteiger partial charge in [-0.25, -0.2) is 9.79 Å². The van der Waals surface area contributed by atoms with Gasteiger partial charge < -0.3 is 14.7 Å². The molecule has 3 aromatic rings. The molecular formula is C25H23Br2N3O4S. The van der Waals surface area contributed by atoms with E-state index in [2.05, 4.69) is 36.9 Å². The number of aromatic hydroxyl groups is 1. The predicted molar refractivity (Wildman–Crippen MR) is 145 cm³/mol. The van der Waals surface area contributed by atoms with Crippen molar-refractivity contribution in [2.24, 2.45) is 4.99 Å². The number of allylic oxidation sites excluding steroid dienone is 1. The summed E-state index contributed by atoms with van der Waals surface area (Å²) in [5.74, 6) is -0.407. The van der Waals surface area contributed by atoms with Gasteiger partial charge in [0, 0.05) is 19.8 Å². The van der Waals surface area contributed by atoms with Gasteiger partial charge in [0.2, 0.25) is 0 Å². The number of hydrogen-bond acceptors (Lipinski definition) is 7. The van der Waals surface area contributed by atoms with Crippen molar-refractivity contribution in [3.8, 4) is 5.75 Å². The molecule has 35 heavy (non-hydrogen) atoms. The Hall–Kier alpha value is -2.69. The number of phenols is 1. The normalized spacial score (nSPS) is 15.6. The molecule has 0 radical (unpaired) electrons. The van der Waals surface area contributed by atoms with Gasteiger partial charge in [-0.05, 0) is 87.2 Å². The van der Waals surface area contributed by atoms with Crippen molar-refractivity contribution < 1.29 is 14.6 Å². The number of benzene rings is 2. The number of fused-ring (bicyclic) bond motifs is 1. The van der Waals surface area contributed by atoms with Gasteiger partial charge >= 0.3 is 5.97 Å². The summed E-state index contributed by atoms with van der Waals surface area (Å²) in [6.07, 6.45) is 1.74. The van der Waals surface area contributed by atoms with Crippen molar-refractivity contribution in [3.63, 3.8) is 0 Å². The Morgan fingerprint density at radius 1 is 1.23 bits per heavy atom. The minimum Gasteiger partial charge on any atom is -0.506 e. The molecule has 7 nitrogen and oxygen atoms in total. The number of thiazole rings is 1. The second-order valence-electron chi connectivity index (χ2n) is 8.12. The number of anilines is 1. The Bertz CT molecular complexity index is 1500. The van der Waals surface area contributed by atoms with E-state index in [1.54, 1.807) is 36.6 Å². The van der Waals surface area contributed by atoms with E-state index in [0.717, 1.165) is 16.8 Å². The molecule has 1 aromatic heterocycles. The van der Waals surface area contributed by atoms with Gasteiger partial charge in [0.15, 0.2) is 4.80 Å². The third-order valence-electron chi connectivity index (χ3n) is 5.58. The second-order valence-corrected chi connectivity index (χ2v) is 10.8. The molecule has 10 heteroatoms. The highest BCUT2D eigenvalue weighted by molar-refractivity contribution is 9.11. The van der Waals surface area contributed by atoms with E-state index in [1.165, 1.54) is 11.3 Å². The van der Waals surface area contributed by atoms with Gasteiger partial charge in [-0.2, -0.15) is 0 Å². The molecule has 4 rings (SSSR count). The third kappa shape index (κ3) is 4.87. The number of esters is 1. The van der Waals surface area contributed by atoms with Crippen LogP contribution in [0.4, 0.5) is 5.69 Å². The van der Waals surface area contributed by atoms with Crippen LogP contribution in [0.25, 0.3) is 6.08 Å². The molecule has 0 spiro atoms. The van der Waals surface area contributed by atoms with Crippen molar-refractivity contribution in [1.29, 1.82) is 0 Å². The number of rotatable bonds is 5. The Kier molecular flexibility index (Phi) is 7.35. The Morgan fingerprint density at radius 3 is 2.43 bits per heavy atom. The van der Waals surface area contributed by atoms with E-state index in [9.17, 15) is 14.7 Å². The van der Waals surface area contributed by atoms with Crippen LogP contribution in [0, 0.1) is 0 Å². The van der Waals surface area contributed by atoms with Gasteiger partial charge in [-0.1, -0.05) is 23.5 Å². The second kappa shape index (κ2) is 10.1. The quantitative estimate of drug-likeness (QED) is 0.435. The molecule has 2 heterocycles. The van der Waals surface area contributed by atoms with Crippen LogP contribution < -0.4 is 19.8 Å². The fourth-order valence-electron chi connectivity index (χ4n) is 3.88. The molecule has 1 atom stereocenters. The van der Waals surface area contributed by atoms with Crippen molar-refractivity contribution in [2.45, 2.75) is 19.9 Å². The van der Waals surface area contributed by atoms with Gasteiger partial charge in [-0.3, -0.25) is 9.36 Å². The monoisotopic (exact) mass is 619 g/mol. The summed E-state index contributed by atoms with van der Waals surface area (Å²) < 4.78 is 8.37. The molecule has 0 fully saturated rings. The molecule has 0 saturated carbocycles. The van der Waals surface area contributed by atoms with Crippen LogP contribution in [0.5, 0.6) is 5.75 Å². The highest BCUT2D eigenvalue weighted by atomic mass is 79.9. The number of nitrogens with zero attached hydrogens (tertiary/aromatic N) is 3. The third-order valence-corrected chi connectivity index (χ3v) is 7.77. The highest BCUT2D eigenvalue weighted by Crippen LogP contribution is 2.34. The summed E-state index contributed by atoms with van der Waals surface area (Å²) in [5, 5.41) is 10.0. The van der Waals surface area contributed by atoms with Crippen LogP contribution >= 0.6 is 43.2 Å². The number of aromatic nitrogens is 1. The van der Waals surface area contributed by atoms with Crippen molar-refractivity contribution in [3.05, 3.63) is 87.4 Å². The fraction of sp³-hybridized carbons (Fsp3) is 0.240. The van der Waals surface area contributed by atoms with Crippen molar-refractivity contribution in [1.82, 2.24) is 4.57 Å². The first kappa shape index (κ1) is 25.4. The first-order chi connectivity index (χ1) is 16.6. The summed E-state index contributed by atoms with van der Waals surface area (Å²) in [4.78, 5) is 33.7. The van der Waals surface area contributed by atoms with E-state index in [-0.39, 0.29) is 17.9 Å². The van der Waals surface area contributed by atoms with Crippen LogP contribution in [0.2, 0.25) is 0 Å². The molecule has 0 amide bonds. The number of carbonyl (C=O) groups excluding carboxylic acids is 1. The fourth-order valence-corrected chi connectivity index (χ4v) is 6.15. The van der Waals surface area contributed by atoms with E-state index < -0.39 is 12.0 Å². The molecule has 0 saturated heterocycles. The lowest BCUT2D eigenvalue weighted by atomic mass is 9.95. The van der Waals surface area contributed by atoms with E-state index in [1.807, 2.05) is 43.3 Å². The highest BCUT2D eigenvalue weighted by Gasteiger charge is 2.33. The van der Waals surface area contributed by atoms with Crippen molar-refractivity contribution in [2.75, 3.05) is 25.6 Å². The smallest absolute Gasteiger partial charge is 0.338 e. The molecule has 0 bridgehead atoms. The van der Waals surface area contributed by atoms with Crippen molar-refractivity contribution >= 4 is 60.9 Å². The lowest BCUT2D eigenvalue weighted by Crippen LogP contribution is -2.39. The number of carbonyl (C=O) groups is 1. The first-order valence-corrected chi connectivity index (χ1v) is 13.2. The molecule has 2 aromatic carbocycles. The number of hydrogen-bond donors (Lipinski definition) is 1. The van der Waals surface area contributed by atoms with Crippen LogP contribution in [0.15, 0.2) is 66.4 Å². The SMILES string of the molecule is CCOC(=O)C1=C(C)N=c2s/c(=C\c3cc(Br)c(O)c(Br)c3)c(=O)n2[C@H]1c1ccc(N(C)C)cc1. The number of ether oxygens (including phenoxy) is 1. The summed E-state index contributed by atoms with van der Waals surface area (Å²) in [7, 11) is 3.90. The van der Waals surface area contributed by atoms with E-state index in [0.29, 0.717) is 29.5 Å². The van der Waals surface area contributed by atoms with Crippen LogP contribution in [-0.2, 0) is 9.53 Å². The summed E-state index contributed by atoms with van der Waals surface area (Å²) in [6.45, 7) is 3.73. The maximum atomic E-state index is 13.7. The molecular weight excluding hydrogens is 598 g/mol. The molecule has 1 N–H and O–H groups in total. The molecule has 182 valence electrons. The molecule has 1 aliphatic heterocycles. The van der Waals surface area contributed by atoms with Gasteiger partial charge in [0.25, 0.3) is 5.56 Å². The molecule has 0 aliphatic carbocycles. The minimum absolute atomic E-state index is 0.0829. The van der Waals surface area contributed by atoms with Gasteiger partial charge in [0.05, 0.1) is 37.4 Å². The maximum absolute atomic E-state index is 13.7. The molecule has 1 aliphatic rings. The van der Waals surface area contributed by atoms with Gasteiger partial charge in [0.1, 0.15) is 5.75 Å². The Labute approximate surface area is 223 Å². The Morgan fingerprint density at radius 2 is 1.86 bits per heavy atom. The summed E-state index contributed by atoms with van der Waals surface area (Å²) >= 11 is 7.91. The lowest BCUT2D eigenvalue weighted by Gasteiger charge is -2.25. The predicted octanol–water partition coefficient (Wildman–Crippen LogP) is 4.09. The summed E-state index contributed by atoms with van der Waals surface area (Å²) in [6, 6.07) is 10.5. The zero-order chi connectivity index (χ0) is 25.4. The van der Waals surface area contributed by atoms with E-state index in [4.69, 9.17) is 4.74 Å². The maximum Gasteiger partial charge on any atom is 0.338 e. The lowest BCUT2D eigenvalue weighted by molar-refractivity contribution is -0.139. The largest absolute Gasteiger partial charge is 0.506 e. The van der Waals surface area contributed by atoms with Crippen LogP contribution in [-0.4, -0.2) is 36.3 Å². The average Bonchev–Trinajstić information content (AvgIpc) is 3.11. The topological polar surface area (TPSA) is 84.1 Å². The first-order valence-electron chi connectivity index (χ1n) is 10.8. The molecule has 0 unspecified atom stereocenters. The van der Waals surface area contributed by atoms with E-state index >= 15 is 0 Å². The van der Waals surface area contributed by atoms with Gasteiger partial charge in [-0.15, -0.1) is 0 Å². The summed E-state index contributed by atoms with van der Waals surface area (Å²) in [5.41, 5.74) is 3.12. The number of halogens is 2. The number of phenolic OH excluding ortho intramolecular Hbond substituents is 1. The zero-order valence-corrected chi connectivity index (χ0v) is 23.5. The Balaban J connectivity index is 1.94.